The van der Waals surface area contributed by atoms with Gasteiger partial charge in [-0.05, 0) is 41.3 Å². The van der Waals surface area contributed by atoms with Crippen LogP contribution in [0.15, 0.2) is 90.6 Å². The van der Waals surface area contributed by atoms with E-state index in [1.165, 1.54) is 0 Å². The molecule has 2 nitrogen and oxygen atoms in total. The third kappa shape index (κ3) is 2.70. The van der Waals surface area contributed by atoms with Gasteiger partial charge in [-0.3, -0.25) is 0 Å². The smallest absolute Gasteiger partial charge is 0.133 e. The number of furan rings is 1. The molecule has 2 aromatic carbocycles. The standard InChI is InChI=1S/C22H22O2/c1-3-14-22(15-4-2,21(23)20-13-8-16-24-20)19-12-7-10-17-9-5-6-11-18(17)19/h3-13,16,21,23H,1-2,14-15H2. The van der Waals surface area contributed by atoms with Crippen molar-refractivity contribution in [3.63, 3.8) is 0 Å². The molecule has 1 atom stereocenters. The van der Waals surface area contributed by atoms with Gasteiger partial charge in [0, 0.05) is 5.41 Å². The first-order valence-corrected chi connectivity index (χ1v) is 8.14. The Bertz CT molecular complexity index is 815. The molecule has 0 aliphatic carbocycles. The summed E-state index contributed by atoms with van der Waals surface area (Å²) in [6.07, 6.45) is 5.77. The largest absolute Gasteiger partial charge is 0.467 e. The topological polar surface area (TPSA) is 33.4 Å². The van der Waals surface area contributed by atoms with Crippen LogP contribution in [-0.4, -0.2) is 5.11 Å². The number of aliphatic hydroxyl groups is 1. The van der Waals surface area contributed by atoms with E-state index in [2.05, 4.69) is 37.4 Å². The first-order valence-electron chi connectivity index (χ1n) is 8.14. The number of hydrogen-bond acceptors (Lipinski definition) is 2. The van der Waals surface area contributed by atoms with Gasteiger partial charge in [0.15, 0.2) is 0 Å². The molecule has 0 fully saturated rings. The molecule has 3 rings (SSSR count). The molecule has 122 valence electrons. The van der Waals surface area contributed by atoms with E-state index in [0.717, 1.165) is 16.3 Å². The van der Waals surface area contributed by atoms with Gasteiger partial charge < -0.3 is 9.52 Å². The Morgan fingerprint density at radius 2 is 1.67 bits per heavy atom. The second-order valence-corrected chi connectivity index (χ2v) is 6.09. The zero-order chi connectivity index (χ0) is 17.0. The summed E-state index contributed by atoms with van der Waals surface area (Å²) in [7, 11) is 0. The summed E-state index contributed by atoms with van der Waals surface area (Å²) in [4.78, 5) is 0. The molecule has 2 heteroatoms. The molecule has 0 aliphatic heterocycles. The van der Waals surface area contributed by atoms with Crippen molar-refractivity contribution in [3.05, 3.63) is 97.5 Å². The zero-order valence-electron chi connectivity index (χ0n) is 13.7. The second-order valence-electron chi connectivity index (χ2n) is 6.09. The van der Waals surface area contributed by atoms with Crippen LogP contribution >= 0.6 is 0 Å². The van der Waals surface area contributed by atoms with Gasteiger partial charge in [-0.15, -0.1) is 13.2 Å². The molecule has 0 spiro atoms. The Kier molecular flexibility index (Phi) is 4.68. The van der Waals surface area contributed by atoms with Crippen molar-refractivity contribution in [1.29, 1.82) is 0 Å². The van der Waals surface area contributed by atoms with Gasteiger partial charge in [-0.1, -0.05) is 54.6 Å². The Balaban J connectivity index is 2.26. The van der Waals surface area contributed by atoms with Gasteiger partial charge in [0.1, 0.15) is 11.9 Å². The zero-order valence-corrected chi connectivity index (χ0v) is 13.7. The minimum absolute atomic E-state index is 0.562. The number of rotatable bonds is 7. The maximum atomic E-state index is 11.2. The predicted molar refractivity (Wildman–Crippen MR) is 98.9 cm³/mol. The third-order valence-electron chi connectivity index (χ3n) is 4.68. The maximum Gasteiger partial charge on any atom is 0.133 e. The van der Waals surface area contributed by atoms with Crippen molar-refractivity contribution in [1.82, 2.24) is 0 Å². The van der Waals surface area contributed by atoms with E-state index >= 15 is 0 Å². The van der Waals surface area contributed by atoms with Crippen molar-refractivity contribution < 1.29 is 9.52 Å². The van der Waals surface area contributed by atoms with Crippen LogP contribution in [0.5, 0.6) is 0 Å². The van der Waals surface area contributed by atoms with Gasteiger partial charge in [0.05, 0.1) is 6.26 Å². The summed E-state index contributed by atoms with van der Waals surface area (Å²) < 4.78 is 5.51. The highest BCUT2D eigenvalue weighted by molar-refractivity contribution is 5.86. The van der Waals surface area contributed by atoms with E-state index in [4.69, 9.17) is 4.42 Å². The Morgan fingerprint density at radius 3 is 2.33 bits per heavy atom. The highest BCUT2D eigenvalue weighted by Gasteiger charge is 2.40. The molecule has 1 N–H and O–H groups in total. The first kappa shape index (κ1) is 16.3. The summed E-state index contributed by atoms with van der Waals surface area (Å²) in [6.45, 7) is 7.84. The Hall–Kier alpha value is -2.58. The minimum atomic E-state index is -0.783. The number of aliphatic hydroxyl groups excluding tert-OH is 1. The monoisotopic (exact) mass is 318 g/mol. The van der Waals surface area contributed by atoms with Gasteiger partial charge in [0.2, 0.25) is 0 Å². The molecule has 0 amide bonds. The van der Waals surface area contributed by atoms with Crippen molar-refractivity contribution in [2.75, 3.05) is 0 Å². The van der Waals surface area contributed by atoms with Crippen LogP contribution in [-0.2, 0) is 5.41 Å². The second kappa shape index (κ2) is 6.90. The van der Waals surface area contributed by atoms with E-state index in [1.807, 2.05) is 36.4 Å². The van der Waals surface area contributed by atoms with Crippen LogP contribution in [0, 0.1) is 0 Å². The fourth-order valence-electron chi connectivity index (χ4n) is 3.57. The maximum absolute atomic E-state index is 11.2. The van der Waals surface area contributed by atoms with Crippen LogP contribution in [0.3, 0.4) is 0 Å². The summed E-state index contributed by atoms with van der Waals surface area (Å²) >= 11 is 0. The van der Waals surface area contributed by atoms with Gasteiger partial charge in [-0.25, -0.2) is 0 Å². The normalized spacial score (nSPS) is 12.9. The number of fused-ring (bicyclic) bond motifs is 1. The molecule has 24 heavy (non-hydrogen) atoms. The molecule has 0 saturated carbocycles. The lowest BCUT2D eigenvalue weighted by molar-refractivity contribution is 0.0619. The molecule has 0 radical (unpaired) electrons. The van der Waals surface area contributed by atoms with Crippen LogP contribution in [0.2, 0.25) is 0 Å². The summed E-state index contributed by atoms with van der Waals surface area (Å²) in [6, 6.07) is 18.1. The Labute approximate surface area is 142 Å². The lowest BCUT2D eigenvalue weighted by Gasteiger charge is -2.37. The SMILES string of the molecule is C=CCC(CC=C)(c1cccc2ccccc12)C(O)c1ccco1. The molecule has 0 bridgehead atoms. The predicted octanol–water partition coefficient (Wildman–Crippen LogP) is 5.56. The Morgan fingerprint density at radius 1 is 0.958 bits per heavy atom. The van der Waals surface area contributed by atoms with Gasteiger partial charge in [0.25, 0.3) is 0 Å². The number of hydrogen-bond donors (Lipinski definition) is 1. The van der Waals surface area contributed by atoms with Crippen molar-refractivity contribution in [2.45, 2.75) is 24.4 Å². The average molecular weight is 318 g/mol. The quantitative estimate of drug-likeness (QED) is 0.579. The van der Waals surface area contributed by atoms with E-state index in [9.17, 15) is 5.11 Å². The lowest BCUT2D eigenvalue weighted by Crippen LogP contribution is -2.33. The molecular weight excluding hydrogens is 296 g/mol. The van der Waals surface area contributed by atoms with Crippen molar-refractivity contribution in [3.8, 4) is 0 Å². The summed E-state index contributed by atoms with van der Waals surface area (Å²) in [5.41, 5.74) is 0.520. The van der Waals surface area contributed by atoms with Crippen LogP contribution in [0.4, 0.5) is 0 Å². The van der Waals surface area contributed by atoms with Crippen LogP contribution in [0.1, 0.15) is 30.3 Å². The molecule has 3 aromatic rings. The minimum Gasteiger partial charge on any atom is -0.467 e. The molecule has 1 unspecified atom stereocenters. The van der Waals surface area contributed by atoms with E-state index in [1.54, 1.807) is 12.3 Å². The van der Waals surface area contributed by atoms with Gasteiger partial charge in [-0.2, -0.15) is 0 Å². The third-order valence-corrected chi connectivity index (χ3v) is 4.68. The fourth-order valence-corrected chi connectivity index (χ4v) is 3.57. The molecule has 0 saturated heterocycles. The summed E-state index contributed by atoms with van der Waals surface area (Å²) in [5.74, 6) is 0.562. The van der Waals surface area contributed by atoms with Crippen molar-refractivity contribution >= 4 is 10.8 Å². The van der Waals surface area contributed by atoms with E-state index in [-0.39, 0.29) is 0 Å². The first-order chi connectivity index (χ1) is 11.7. The molecule has 1 heterocycles. The number of allylic oxidation sites excluding steroid dienone is 2. The average Bonchev–Trinajstić information content (AvgIpc) is 3.15. The lowest BCUT2D eigenvalue weighted by atomic mass is 9.68. The highest BCUT2D eigenvalue weighted by Crippen LogP contribution is 2.46. The molecule has 0 aliphatic rings. The van der Waals surface area contributed by atoms with E-state index < -0.39 is 11.5 Å². The van der Waals surface area contributed by atoms with Gasteiger partial charge >= 0.3 is 0 Å². The highest BCUT2D eigenvalue weighted by atomic mass is 16.4. The molecular formula is C22H22O2. The van der Waals surface area contributed by atoms with E-state index in [0.29, 0.717) is 18.6 Å². The van der Waals surface area contributed by atoms with Crippen LogP contribution in [0.25, 0.3) is 10.8 Å². The number of benzene rings is 2. The van der Waals surface area contributed by atoms with Crippen LogP contribution < -0.4 is 0 Å². The molecule has 1 aromatic heterocycles. The summed E-state index contributed by atoms with van der Waals surface area (Å²) in [5, 5.41) is 13.5. The fraction of sp³-hybridized carbons (Fsp3) is 0.182. The van der Waals surface area contributed by atoms with Crippen molar-refractivity contribution in [2.24, 2.45) is 0 Å².